The number of Topliss-reactive ketones (excluding diaryl/α,β-unsaturated/α-hetero) is 1. The lowest BCUT2D eigenvalue weighted by Gasteiger charge is -2.16. The van der Waals surface area contributed by atoms with E-state index in [9.17, 15) is 4.79 Å². The number of carbonyl (C=O) groups is 1. The number of ketones is 1. The van der Waals surface area contributed by atoms with Crippen LogP contribution in [0.4, 0.5) is 0 Å². The molecule has 14 heavy (non-hydrogen) atoms. The molecule has 0 aromatic heterocycles. The molecule has 1 heterocycles. The van der Waals surface area contributed by atoms with Gasteiger partial charge in [0.1, 0.15) is 5.78 Å². The van der Waals surface area contributed by atoms with Crippen LogP contribution in [0.5, 0.6) is 0 Å². The molecule has 80 valence electrons. The van der Waals surface area contributed by atoms with E-state index in [4.69, 9.17) is 0 Å². The van der Waals surface area contributed by atoms with Gasteiger partial charge >= 0.3 is 0 Å². The highest BCUT2D eigenvalue weighted by Crippen LogP contribution is 2.26. The minimum absolute atomic E-state index is 0.408. The zero-order chi connectivity index (χ0) is 9.97. The van der Waals surface area contributed by atoms with Gasteiger partial charge in [0.2, 0.25) is 0 Å². The molecule has 2 aliphatic rings. The summed E-state index contributed by atoms with van der Waals surface area (Å²) in [6.45, 7) is 5.28. The molecule has 1 unspecified atom stereocenters. The van der Waals surface area contributed by atoms with Crippen LogP contribution in [0.15, 0.2) is 0 Å². The molecule has 0 N–H and O–H groups in total. The Hall–Kier alpha value is -0.370. The lowest BCUT2D eigenvalue weighted by molar-refractivity contribution is -0.123. The number of nitrogens with zero attached hydrogens (tertiary/aromatic N) is 1. The predicted molar refractivity (Wildman–Crippen MR) is 57.2 cm³/mol. The Bertz CT molecular complexity index is 208. The molecule has 0 spiro atoms. The second kappa shape index (κ2) is 4.43. The van der Waals surface area contributed by atoms with Crippen LogP contribution in [0.1, 0.15) is 39.0 Å². The Morgan fingerprint density at radius 3 is 2.57 bits per heavy atom. The Kier molecular flexibility index (Phi) is 3.22. The van der Waals surface area contributed by atoms with Crippen molar-refractivity contribution in [3.63, 3.8) is 0 Å². The monoisotopic (exact) mass is 195 g/mol. The van der Waals surface area contributed by atoms with Gasteiger partial charge in [-0.05, 0) is 31.7 Å². The van der Waals surface area contributed by atoms with Crippen molar-refractivity contribution in [2.24, 2.45) is 11.8 Å². The highest BCUT2D eigenvalue weighted by Gasteiger charge is 2.26. The van der Waals surface area contributed by atoms with Crippen LogP contribution in [0.3, 0.4) is 0 Å². The maximum absolute atomic E-state index is 11.9. The molecule has 2 rings (SSSR count). The first-order chi connectivity index (χ1) is 6.75. The maximum Gasteiger partial charge on any atom is 0.149 e. The fourth-order valence-electron chi connectivity index (χ4n) is 2.77. The summed E-state index contributed by atoms with van der Waals surface area (Å²) in [6, 6.07) is 0. The largest absolute Gasteiger partial charge is 0.298 e. The van der Waals surface area contributed by atoms with E-state index in [1.807, 2.05) is 0 Å². The van der Waals surface area contributed by atoms with Crippen molar-refractivity contribution in [1.29, 1.82) is 0 Å². The van der Waals surface area contributed by atoms with Gasteiger partial charge in [-0.2, -0.15) is 0 Å². The fourth-order valence-corrected chi connectivity index (χ4v) is 2.77. The van der Waals surface area contributed by atoms with E-state index < -0.39 is 0 Å². The Labute approximate surface area is 86.7 Å². The SMILES string of the molecule is CC1CCN(CC(=O)C2CCCC2)C1. The second-order valence-corrected chi connectivity index (χ2v) is 5.08. The van der Waals surface area contributed by atoms with Crippen LogP contribution < -0.4 is 0 Å². The van der Waals surface area contributed by atoms with Gasteiger partial charge in [-0.25, -0.2) is 0 Å². The molecule has 0 amide bonds. The quantitative estimate of drug-likeness (QED) is 0.687. The molecule has 0 bridgehead atoms. The van der Waals surface area contributed by atoms with Crippen molar-refractivity contribution in [1.82, 2.24) is 4.90 Å². The van der Waals surface area contributed by atoms with E-state index in [0.29, 0.717) is 11.7 Å². The van der Waals surface area contributed by atoms with E-state index >= 15 is 0 Å². The Balaban J connectivity index is 1.76. The molecular weight excluding hydrogens is 174 g/mol. The number of likely N-dealkylation sites (tertiary alicyclic amines) is 1. The first kappa shape index (κ1) is 10.2. The number of carbonyl (C=O) groups excluding carboxylic acids is 1. The van der Waals surface area contributed by atoms with Gasteiger partial charge in [-0.3, -0.25) is 9.69 Å². The third-order valence-electron chi connectivity index (χ3n) is 3.70. The van der Waals surface area contributed by atoms with E-state index in [2.05, 4.69) is 11.8 Å². The highest BCUT2D eigenvalue weighted by molar-refractivity contribution is 5.83. The summed E-state index contributed by atoms with van der Waals surface area (Å²) in [5.41, 5.74) is 0. The molecule has 2 fully saturated rings. The van der Waals surface area contributed by atoms with Crippen LogP contribution >= 0.6 is 0 Å². The van der Waals surface area contributed by atoms with Gasteiger partial charge in [0.15, 0.2) is 0 Å². The summed E-state index contributed by atoms with van der Waals surface area (Å²) in [5.74, 6) is 1.72. The first-order valence-corrected chi connectivity index (χ1v) is 6.01. The summed E-state index contributed by atoms with van der Waals surface area (Å²) in [5, 5.41) is 0. The van der Waals surface area contributed by atoms with Crippen LogP contribution in [0.2, 0.25) is 0 Å². The topological polar surface area (TPSA) is 20.3 Å². The lowest BCUT2D eigenvalue weighted by Crippen LogP contribution is -2.30. The van der Waals surface area contributed by atoms with Gasteiger partial charge in [-0.15, -0.1) is 0 Å². The van der Waals surface area contributed by atoms with Gasteiger partial charge < -0.3 is 0 Å². The minimum atomic E-state index is 0.408. The summed E-state index contributed by atoms with van der Waals surface area (Å²) in [4.78, 5) is 14.2. The van der Waals surface area contributed by atoms with Crippen molar-refractivity contribution in [2.45, 2.75) is 39.0 Å². The van der Waals surface area contributed by atoms with E-state index in [0.717, 1.165) is 38.4 Å². The fraction of sp³-hybridized carbons (Fsp3) is 0.917. The minimum Gasteiger partial charge on any atom is -0.298 e. The van der Waals surface area contributed by atoms with Crippen molar-refractivity contribution in [3.05, 3.63) is 0 Å². The number of rotatable bonds is 3. The summed E-state index contributed by atoms with van der Waals surface area (Å²) >= 11 is 0. The third-order valence-corrected chi connectivity index (χ3v) is 3.70. The molecule has 1 aliphatic heterocycles. The van der Waals surface area contributed by atoms with Crippen molar-refractivity contribution in [2.75, 3.05) is 19.6 Å². The predicted octanol–water partition coefficient (Wildman–Crippen LogP) is 2.09. The molecule has 0 radical (unpaired) electrons. The molecule has 1 saturated carbocycles. The van der Waals surface area contributed by atoms with Crippen molar-refractivity contribution >= 4 is 5.78 Å². The molecule has 1 atom stereocenters. The molecule has 0 aromatic carbocycles. The maximum atomic E-state index is 11.9. The van der Waals surface area contributed by atoms with Crippen LogP contribution in [0.25, 0.3) is 0 Å². The lowest BCUT2D eigenvalue weighted by atomic mass is 10.0. The number of hydrogen-bond donors (Lipinski definition) is 0. The Morgan fingerprint density at radius 2 is 2.00 bits per heavy atom. The molecule has 2 heteroatoms. The van der Waals surface area contributed by atoms with Crippen LogP contribution in [-0.4, -0.2) is 30.3 Å². The van der Waals surface area contributed by atoms with Gasteiger partial charge in [0.25, 0.3) is 0 Å². The molecule has 0 aromatic rings. The van der Waals surface area contributed by atoms with E-state index in [1.165, 1.54) is 19.3 Å². The normalized spacial score (nSPS) is 29.9. The van der Waals surface area contributed by atoms with Gasteiger partial charge in [0.05, 0.1) is 6.54 Å². The molecule has 1 saturated heterocycles. The molecule has 2 nitrogen and oxygen atoms in total. The second-order valence-electron chi connectivity index (χ2n) is 5.08. The summed E-state index contributed by atoms with van der Waals surface area (Å²) in [6.07, 6.45) is 6.13. The average molecular weight is 195 g/mol. The average Bonchev–Trinajstić information content (AvgIpc) is 2.75. The smallest absolute Gasteiger partial charge is 0.149 e. The summed E-state index contributed by atoms with van der Waals surface area (Å²) < 4.78 is 0. The van der Waals surface area contributed by atoms with E-state index in [-0.39, 0.29) is 0 Å². The van der Waals surface area contributed by atoms with Gasteiger partial charge in [0, 0.05) is 12.5 Å². The number of hydrogen-bond acceptors (Lipinski definition) is 2. The zero-order valence-electron chi connectivity index (χ0n) is 9.17. The Morgan fingerprint density at radius 1 is 1.29 bits per heavy atom. The third kappa shape index (κ3) is 2.35. The van der Waals surface area contributed by atoms with Crippen molar-refractivity contribution < 1.29 is 4.79 Å². The molecule has 1 aliphatic carbocycles. The highest BCUT2D eigenvalue weighted by atomic mass is 16.1. The zero-order valence-corrected chi connectivity index (χ0v) is 9.17. The van der Waals surface area contributed by atoms with Crippen LogP contribution in [-0.2, 0) is 4.79 Å². The summed E-state index contributed by atoms with van der Waals surface area (Å²) in [7, 11) is 0. The standard InChI is InChI=1S/C12H21NO/c1-10-6-7-13(8-10)9-12(14)11-4-2-3-5-11/h10-11H,2-9H2,1H3. The first-order valence-electron chi connectivity index (χ1n) is 6.01. The van der Waals surface area contributed by atoms with Gasteiger partial charge in [-0.1, -0.05) is 19.8 Å². The van der Waals surface area contributed by atoms with Crippen molar-refractivity contribution in [3.8, 4) is 0 Å². The van der Waals surface area contributed by atoms with E-state index in [1.54, 1.807) is 0 Å². The molecular formula is C12H21NO. The van der Waals surface area contributed by atoms with Crippen LogP contribution in [0, 0.1) is 11.8 Å².